The van der Waals surface area contributed by atoms with Gasteiger partial charge in [-0.05, 0) is 17.7 Å². The van der Waals surface area contributed by atoms with Crippen molar-refractivity contribution >= 4 is 5.82 Å². The molecule has 0 atom stereocenters. The molecule has 0 saturated heterocycles. The second-order valence-electron chi connectivity index (χ2n) is 7.53. The molecule has 170 valence electrons. The minimum Gasteiger partial charge on any atom is -0.497 e. The van der Waals surface area contributed by atoms with Crippen LogP contribution in [-0.2, 0) is 17.7 Å². The van der Waals surface area contributed by atoms with Gasteiger partial charge in [0.05, 0.1) is 45.5 Å². The van der Waals surface area contributed by atoms with E-state index in [0.29, 0.717) is 32.0 Å². The van der Waals surface area contributed by atoms with Crippen molar-refractivity contribution in [2.75, 3.05) is 32.9 Å². The number of hydrogen-bond donors (Lipinski definition) is 1. The fourth-order valence-electron chi connectivity index (χ4n) is 3.82. The zero-order valence-electron chi connectivity index (χ0n) is 18.3. The Morgan fingerprint density at radius 2 is 2.00 bits per heavy atom. The Kier molecular flexibility index (Phi) is 5.66. The van der Waals surface area contributed by atoms with Crippen LogP contribution in [0.4, 0.5) is 10.2 Å². The molecule has 5 rings (SSSR count). The highest BCUT2D eigenvalue weighted by Crippen LogP contribution is 2.33. The van der Waals surface area contributed by atoms with E-state index < -0.39 is 5.82 Å². The summed E-state index contributed by atoms with van der Waals surface area (Å²) in [6.07, 6.45) is 5.93. The van der Waals surface area contributed by atoms with Gasteiger partial charge in [0.25, 0.3) is 0 Å². The van der Waals surface area contributed by atoms with Crippen molar-refractivity contribution in [3.8, 4) is 28.6 Å². The molecular formula is C23H23FN6O3. The number of methoxy groups -OCH3 is 2. The summed E-state index contributed by atoms with van der Waals surface area (Å²) in [5.41, 5.74) is 4.19. The Labute approximate surface area is 189 Å². The zero-order valence-corrected chi connectivity index (χ0v) is 18.3. The number of nitrogens with zero attached hydrogens (tertiary/aromatic N) is 5. The van der Waals surface area contributed by atoms with Crippen molar-refractivity contribution in [1.29, 1.82) is 0 Å². The van der Waals surface area contributed by atoms with Gasteiger partial charge in [0.1, 0.15) is 24.0 Å². The van der Waals surface area contributed by atoms with Crippen LogP contribution in [0.25, 0.3) is 16.9 Å². The molecule has 33 heavy (non-hydrogen) atoms. The molecule has 1 aromatic carbocycles. The van der Waals surface area contributed by atoms with Crippen LogP contribution in [0.15, 0.2) is 48.9 Å². The fraction of sp³-hybridized carbons (Fsp3) is 0.261. The number of nitrogens with one attached hydrogen (secondary N) is 1. The average Bonchev–Trinajstić information content (AvgIpc) is 3.36. The normalized spacial score (nSPS) is 13.2. The summed E-state index contributed by atoms with van der Waals surface area (Å²) in [5.74, 6) is 0.940. The largest absolute Gasteiger partial charge is 0.497 e. The van der Waals surface area contributed by atoms with E-state index in [1.54, 1.807) is 18.0 Å². The first-order valence-electron chi connectivity index (χ1n) is 10.5. The van der Waals surface area contributed by atoms with E-state index >= 15 is 0 Å². The summed E-state index contributed by atoms with van der Waals surface area (Å²) in [4.78, 5) is 4.05. The predicted octanol–water partition coefficient (Wildman–Crippen LogP) is 3.28. The molecule has 0 unspecified atom stereocenters. The highest BCUT2D eigenvalue weighted by atomic mass is 19.1. The van der Waals surface area contributed by atoms with E-state index in [0.717, 1.165) is 34.0 Å². The third-order valence-corrected chi connectivity index (χ3v) is 5.46. The number of fused-ring (bicyclic) bond motifs is 1. The van der Waals surface area contributed by atoms with Crippen LogP contribution >= 0.6 is 0 Å². The Balaban J connectivity index is 1.50. The summed E-state index contributed by atoms with van der Waals surface area (Å²) in [6.45, 7) is 1.50. The summed E-state index contributed by atoms with van der Waals surface area (Å²) < 4.78 is 33.6. The lowest BCUT2D eigenvalue weighted by molar-refractivity contribution is 0.159. The fourth-order valence-corrected chi connectivity index (χ4v) is 3.82. The molecule has 0 saturated carbocycles. The van der Waals surface area contributed by atoms with Crippen LogP contribution < -0.4 is 14.8 Å². The Morgan fingerprint density at radius 3 is 2.76 bits per heavy atom. The van der Waals surface area contributed by atoms with E-state index in [1.165, 1.54) is 19.4 Å². The summed E-state index contributed by atoms with van der Waals surface area (Å²) in [5, 5.41) is 12.6. The van der Waals surface area contributed by atoms with Crippen molar-refractivity contribution in [1.82, 2.24) is 24.5 Å². The molecule has 0 bridgehead atoms. The van der Waals surface area contributed by atoms with Crippen molar-refractivity contribution in [3.63, 3.8) is 0 Å². The maximum absolute atomic E-state index is 14.3. The van der Waals surface area contributed by atoms with Crippen molar-refractivity contribution in [2.24, 2.45) is 0 Å². The van der Waals surface area contributed by atoms with Gasteiger partial charge in [-0.3, -0.25) is 4.68 Å². The summed E-state index contributed by atoms with van der Waals surface area (Å²) >= 11 is 0. The van der Waals surface area contributed by atoms with Gasteiger partial charge in [0, 0.05) is 29.8 Å². The third kappa shape index (κ3) is 4.12. The monoisotopic (exact) mass is 450 g/mol. The first-order valence-corrected chi connectivity index (χ1v) is 10.5. The third-order valence-electron chi connectivity index (χ3n) is 5.46. The Bertz CT molecular complexity index is 1270. The molecule has 3 aromatic heterocycles. The zero-order chi connectivity index (χ0) is 22.8. The molecule has 0 fully saturated rings. The topological polar surface area (TPSA) is 88.3 Å². The first kappa shape index (κ1) is 21.0. The number of aromatic nitrogens is 5. The smallest absolute Gasteiger partial charge is 0.250 e. The second kappa shape index (κ2) is 8.91. The lowest BCUT2D eigenvalue weighted by Gasteiger charge is -2.09. The highest BCUT2D eigenvalue weighted by Gasteiger charge is 2.23. The predicted molar refractivity (Wildman–Crippen MR) is 119 cm³/mol. The van der Waals surface area contributed by atoms with E-state index in [2.05, 4.69) is 15.4 Å². The molecule has 0 aliphatic carbocycles. The maximum atomic E-state index is 14.3. The van der Waals surface area contributed by atoms with Gasteiger partial charge >= 0.3 is 0 Å². The average molecular weight is 450 g/mol. The van der Waals surface area contributed by atoms with Crippen LogP contribution in [0.3, 0.4) is 0 Å². The van der Waals surface area contributed by atoms with Crippen LogP contribution in [0.5, 0.6) is 11.6 Å². The van der Waals surface area contributed by atoms with Gasteiger partial charge in [-0.25, -0.2) is 14.1 Å². The molecule has 1 aliphatic heterocycles. The molecule has 10 heteroatoms. The highest BCUT2D eigenvalue weighted by molar-refractivity contribution is 5.70. The number of anilines is 1. The quantitative estimate of drug-likeness (QED) is 0.482. The summed E-state index contributed by atoms with van der Waals surface area (Å²) in [6, 6.07) is 9.22. The van der Waals surface area contributed by atoms with Gasteiger partial charge < -0.3 is 19.5 Å². The van der Waals surface area contributed by atoms with Gasteiger partial charge in [0.2, 0.25) is 5.88 Å². The standard InChI is InChI=1S/C23H23FN6O3/c1-31-18-5-3-15(4-6-18)12-29-13-16(10-27-29)21-19-7-8-33-14-26-22(19)30(28-21)17-9-20(24)23(32-2)25-11-17/h3-6,9-11,13,26H,7-8,12,14H2,1-2H3. The SMILES string of the molecule is COc1ccc(Cn2cc(-c3nn(-c4cnc(OC)c(F)c4)c4c3CCOCN4)cn2)cc1. The number of rotatable bonds is 6. The van der Waals surface area contributed by atoms with Crippen LogP contribution in [0.2, 0.25) is 0 Å². The molecular weight excluding hydrogens is 427 g/mol. The van der Waals surface area contributed by atoms with Gasteiger partial charge in [-0.15, -0.1) is 0 Å². The molecule has 4 heterocycles. The van der Waals surface area contributed by atoms with Crippen LogP contribution in [0, 0.1) is 5.82 Å². The molecule has 0 amide bonds. The van der Waals surface area contributed by atoms with Crippen LogP contribution in [0.1, 0.15) is 11.1 Å². The van der Waals surface area contributed by atoms with Gasteiger partial charge in [-0.1, -0.05) is 12.1 Å². The van der Waals surface area contributed by atoms with E-state index in [-0.39, 0.29) is 5.88 Å². The first-order chi connectivity index (χ1) is 16.2. The molecule has 1 N–H and O–H groups in total. The number of benzene rings is 1. The number of pyridine rings is 1. The second-order valence-corrected chi connectivity index (χ2v) is 7.53. The lowest BCUT2D eigenvalue weighted by Crippen LogP contribution is -2.09. The van der Waals surface area contributed by atoms with Gasteiger partial charge in [0.15, 0.2) is 5.82 Å². The number of halogens is 1. The Morgan fingerprint density at radius 1 is 1.15 bits per heavy atom. The van der Waals surface area contributed by atoms with E-state index in [4.69, 9.17) is 19.3 Å². The number of ether oxygens (including phenoxy) is 3. The molecule has 9 nitrogen and oxygen atoms in total. The van der Waals surface area contributed by atoms with E-state index in [9.17, 15) is 4.39 Å². The molecule has 0 radical (unpaired) electrons. The molecule has 1 aliphatic rings. The maximum Gasteiger partial charge on any atom is 0.250 e. The Hall–Kier alpha value is -3.92. The summed E-state index contributed by atoms with van der Waals surface area (Å²) in [7, 11) is 3.03. The van der Waals surface area contributed by atoms with Gasteiger partial charge in [-0.2, -0.15) is 10.2 Å². The molecule has 4 aromatic rings. The van der Waals surface area contributed by atoms with Crippen LogP contribution in [-0.4, -0.2) is 52.1 Å². The molecule has 0 spiro atoms. The lowest BCUT2D eigenvalue weighted by atomic mass is 10.1. The van der Waals surface area contributed by atoms with Crippen molar-refractivity contribution in [3.05, 3.63) is 65.9 Å². The van der Waals surface area contributed by atoms with Crippen molar-refractivity contribution in [2.45, 2.75) is 13.0 Å². The minimum atomic E-state index is -0.557. The van der Waals surface area contributed by atoms with Crippen molar-refractivity contribution < 1.29 is 18.6 Å². The minimum absolute atomic E-state index is 0.0617. The van der Waals surface area contributed by atoms with E-state index in [1.807, 2.05) is 35.1 Å². The number of hydrogen-bond acceptors (Lipinski definition) is 7.